The summed E-state index contributed by atoms with van der Waals surface area (Å²) >= 11 is 3.51. The van der Waals surface area contributed by atoms with E-state index in [4.69, 9.17) is 4.42 Å². The van der Waals surface area contributed by atoms with Gasteiger partial charge in [-0.05, 0) is 36.0 Å². The van der Waals surface area contributed by atoms with E-state index in [1.165, 1.54) is 0 Å². The maximum atomic E-state index is 5.34. The van der Waals surface area contributed by atoms with Gasteiger partial charge in [-0.25, -0.2) is 0 Å². The van der Waals surface area contributed by atoms with Gasteiger partial charge in [0.05, 0.1) is 28.7 Å². The Labute approximate surface area is 103 Å². The third kappa shape index (κ3) is 1.92. The van der Waals surface area contributed by atoms with Crippen molar-refractivity contribution in [1.29, 1.82) is 0 Å². The molecule has 0 amide bonds. The van der Waals surface area contributed by atoms with Crippen molar-refractivity contribution in [3.05, 3.63) is 40.0 Å². The van der Waals surface area contributed by atoms with Crippen molar-refractivity contribution in [3.63, 3.8) is 0 Å². The first-order valence-corrected chi connectivity index (χ1v) is 5.82. The number of rotatable bonds is 3. The fraction of sp³-hybridized carbons (Fsp3) is 0.364. The molecule has 0 spiro atoms. The van der Waals surface area contributed by atoms with Crippen LogP contribution in [0.2, 0.25) is 0 Å². The molecule has 0 aliphatic carbocycles. The Morgan fingerprint density at radius 2 is 2.31 bits per heavy atom. The van der Waals surface area contributed by atoms with Gasteiger partial charge in [-0.3, -0.25) is 4.68 Å². The lowest BCUT2D eigenvalue weighted by Crippen LogP contribution is -2.20. The molecule has 0 radical (unpaired) electrons. The molecule has 1 atom stereocenters. The molecule has 0 aliphatic heterocycles. The van der Waals surface area contributed by atoms with Crippen molar-refractivity contribution in [3.8, 4) is 0 Å². The summed E-state index contributed by atoms with van der Waals surface area (Å²) in [6, 6.07) is 2.11. The Morgan fingerprint density at radius 3 is 2.75 bits per heavy atom. The normalized spacial score (nSPS) is 13.0. The molecule has 0 aromatic carbocycles. The summed E-state index contributed by atoms with van der Waals surface area (Å²) in [5.74, 6) is 0.911. The first-order chi connectivity index (χ1) is 7.63. The van der Waals surface area contributed by atoms with E-state index >= 15 is 0 Å². The van der Waals surface area contributed by atoms with Gasteiger partial charge in [0.1, 0.15) is 5.76 Å². The predicted molar refractivity (Wildman–Crippen MR) is 65.3 cm³/mol. The van der Waals surface area contributed by atoms with E-state index in [0.717, 1.165) is 21.5 Å². The van der Waals surface area contributed by atoms with Crippen LogP contribution in [0.5, 0.6) is 0 Å². The largest absolute Gasteiger partial charge is 0.469 e. The standard InChI is InChI=1S/C11H14BrN3O/c1-7-4-8(6-16-7)10(13-2)11-9(12)5-14-15(11)3/h4-6,10,13H,1-3H3. The SMILES string of the molecule is CNC(c1coc(C)c1)c1c(Br)cnn1C. The lowest BCUT2D eigenvalue weighted by molar-refractivity contribution is 0.524. The molecule has 16 heavy (non-hydrogen) atoms. The van der Waals surface area contributed by atoms with E-state index in [0.29, 0.717) is 0 Å². The summed E-state index contributed by atoms with van der Waals surface area (Å²) in [4.78, 5) is 0. The van der Waals surface area contributed by atoms with Crippen molar-refractivity contribution in [2.75, 3.05) is 7.05 Å². The first-order valence-electron chi connectivity index (χ1n) is 5.03. The molecular formula is C11H14BrN3O. The maximum absolute atomic E-state index is 5.34. The van der Waals surface area contributed by atoms with Gasteiger partial charge in [0.2, 0.25) is 0 Å². The fourth-order valence-electron chi connectivity index (χ4n) is 1.82. The molecule has 0 saturated carbocycles. The molecule has 4 nitrogen and oxygen atoms in total. The van der Waals surface area contributed by atoms with Gasteiger partial charge in [-0.2, -0.15) is 5.10 Å². The molecule has 5 heteroatoms. The highest BCUT2D eigenvalue weighted by atomic mass is 79.9. The minimum Gasteiger partial charge on any atom is -0.469 e. The minimum atomic E-state index is 0.0827. The van der Waals surface area contributed by atoms with Crippen LogP contribution in [0.25, 0.3) is 0 Å². The van der Waals surface area contributed by atoms with Gasteiger partial charge in [-0.1, -0.05) is 0 Å². The molecule has 0 fully saturated rings. The Bertz CT molecular complexity index is 470. The fourth-order valence-corrected chi connectivity index (χ4v) is 2.40. The summed E-state index contributed by atoms with van der Waals surface area (Å²) < 4.78 is 8.19. The molecule has 1 unspecified atom stereocenters. The van der Waals surface area contributed by atoms with Crippen molar-refractivity contribution in [2.24, 2.45) is 7.05 Å². The molecular weight excluding hydrogens is 270 g/mol. The van der Waals surface area contributed by atoms with E-state index < -0.39 is 0 Å². The number of hydrogen-bond donors (Lipinski definition) is 1. The molecule has 0 saturated heterocycles. The maximum Gasteiger partial charge on any atom is 0.101 e. The molecule has 2 heterocycles. The summed E-state index contributed by atoms with van der Waals surface area (Å²) in [7, 11) is 3.85. The number of hydrogen-bond acceptors (Lipinski definition) is 3. The van der Waals surface area contributed by atoms with Gasteiger partial charge < -0.3 is 9.73 Å². The predicted octanol–water partition coefficient (Wildman–Crippen LogP) is 2.39. The zero-order valence-electron chi connectivity index (χ0n) is 9.49. The highest BCUT2D eigenvalue weighted by molar-refractivity contribution is 9.10. The van der Waals surface area contributed by atoms with Crippen molar-refractivity contribution >= 4 is 15.9 Å². The van der Waals surface area contributed by atoms with E-state index in [1.54, 1.807) is 12.5 Å². The van der Waals surface area contributed by atoms with Crippen molar-refractivity contribution in [1.82, 2.24) is 15.1 Å². The van der Waals surface area contributed by atoms with Crippen LogP contribution in [-0.2, 0) is 7.05 Å². The lowest BCUT2D eigenvalue weighted by atomic mass is 10.1. The van der Waals surface area contributed by atoms with Crippen LogP contribution in [0.15, 0.2) is 27.4 Å². The summed E-state index contributed by atoms with van der Waals surface area (Å²) in [5, 5.41) is 7.48. The smallest absolute Gasteiger partial charge is 0.101 e. The van der Waals surface area contributed by atoms with E-state index in [9.17, 15) is 0 Å². The number of aryl methyl sites for hydroxylation is 2. The number of nitrogens with one attached hydrogen (secondary N) is 1. The van der Waals surface area contributed by atoms with E-state index in [2.05, 4.69) is 26.3 Å². The summed E-state index contributed by atoms with van der Waals surface area (Å²) in [5.41, 5.74) is 2.19. The van der Waals surface area contributed by atoms with Crippen molar-refractivity contribution < 1.29 is 4.42 Å². The topological polar surface area (TPSA) is 43.0 Å². The second kappa shape index (κ2) is 4.43. The number of aromatic nitrogens is 2. The van der Waals surface area contributed by atoms with Crippen LogP contribution < -0.4 is 5.32 Å². The molecule has 0 aliphatic rings. The van der Waals surface area contributed by atoms with Crippen LogP contribution in [0.1, 0.15) is 23.1 Å². The number of furan rings is 1. The second-order valence-corrected chi connectivity index (χ2v) is 4.57. The van der Waals surface area contributed by atoms with E-state index in [1.807, 2.05) is 31.8 Å². The average Bonchev–Trinajstić information content (AvgIpc) is 2.80. The highest BCUT2D eigenvalue weighted by Gasteiger charge is 2.20. The Kier molecular flexibility index (Phi) is 3.16. The molecule has 2 rings (SSSR count). The Balaban J connectivity index is 2.44. The monoisotopic (exact) mass is 283 g/mol. The lowest BCUT2D eigenvalue weighted by Gasteiger charge is -2.15. The minimum absolute atomic E-state index is 0.0827. The van der Waals surface area contributed by atoms with Crippen LogP contribution in [0.3, 0.4) is 0 Å². The Hall–Kier alpha value is -1.07. The summed E-state index contributed by atoms with van der Waals surface area (Å²) in [6.07, 6.45) is 3.57. The van der Waals surface area contributed by atoms with Gasteiger partial charge in [0.15, 0.2) is 0 Å². The number of nitrogens with zero attached hydrogens (tertiary/aromatic N) is 2. The molecule has 2 aromatic rings. The molecule has 1 N–H and O–H groups in total. The van der Waals surface area contributed by atoms with Gasteiger partial charge in [0.25, 0.3) is 0 Å². The first kappa shape index (κ1) is 11.4. The van der Waals surface area contributed by atoms with Crippen LogP contribution in [-0.4, -0.2) is 16.8 Å². The van der Waals surface area contributed by atoms with Crippen LogP contribution >= 0.6 is 15.9 Å². The van der Waals surface area contributed by atoms with Gasteiger partial charge in [0, 0.05) is 12.6 Å². The van der Waals surface area contributed by atoms with Crippen LogP contribution in [0, 0.1) is 6.92 Å². The van der Waals surface area contributed by atoms with Crippen LogP contribution in [0.4, 0.5) is 0 Å². The zero-order valence-corrected chi connectivity index (χ0v) is 11.1. The quantitative estimate of drug-likeness (QED) is 0.941. The number of halogens is 1. The Morgan fingerprint density at radius 1 is 1.56 bits per heavy atom. The summed E-state index contributed by atoms with van der Waals surface area (Å²) in [6.45, 7) is 1.94. The van der Waals surface area contributed by atoms with Crippen molar-refractivity contribution in [2.45, 2.75) is 13.0 Å². The molecule has 0 bridgehead atoms. The van der Waals surface area contributed by atoms with E-state index in [-0.39, 0.29) is 6.04 Å². The molecule has 86 valence electrons. The second-order valence-electron chi connectivity index (χ2n) is 3.71. The molecule has 2 aromatic heterocycles. The third-order valence-electron chi connectivity index (χ3n) is 2.58. The average molecular weight is 284 g/mol. The van der Waals surface area contributed by atoms with Gasteiger partial charge in [-0.15, -0.1) is 0 Å². The van der Waals surface area contributed by atoms with Gasteiger partial charge >= 0.3 is 0 Å². The zero-order chi connectivity index (χ0) is 11.7. The third-order valence-corrected chi connectivity index (χ3v) is 3.19. The highest BCUT2D eigenvalue weighted by Crippen LogP contribution is 2.28.